The molecule has 0 spiro atoms. The molecule has 3 aromatic rings. The van der Waals surface area contributed by atoms with Gasteiger partial charge in [-0.1, -0.05) is 36.4 Å². The van der Waals surface area contributed by atoms with Crippen molar-refractivity contribution in [1.82, 2.24) is 4.90 Å². The standard InChI is InChI=1S/C27H24N2O5/c1-17-16-34-24-10-6-5-9-22(24)28(17)27(32)23(15-18-11-13-19(33-2)14-12-18)29-25(30)20-7-3-4-8-21(20)26(29)31/h3-14,17,23H,15-16H2,1-2H3/t17-,23-/m0/s1. The average Bonchev–Trinajstić information content (AvgIpc) is 3.12. The van der Waals surface area contributed by atoms with Crippen molar-refractivity contribution < 1.29 is 23.9 Å². The molecule has 0 N–H and O–H groups in total. The van der Waals surface area contributed by atoms with Gasteiger partial charge in [-0.05, 0) is 48.9 Å². The van der Waals surface area contributed by atoms with Crippen molar-refractivity contribution >= 4 is 23.4 Å². The summed E-state index contributed by atoms with van der Waals surface area (Å²) in [4.78, 5) is 43.6. The first-order valence-electron chi connectivity index (χ1n) is 11.1. The van der Waals surface area contributed by atoms with Gasteiger partial charge in [-0.25, -0.2) is 0 Å². The van der Waals surface area contributed by atoms with Crippen LogP contribution in [0.1, 0.15) is 33.2 Å². The second kappa shape index (κ2) is 8.67. The number of rotatable bonds is 5. The fraction of sp³-hybridized carbons (Fsp3) is 0.222. The van der Waals surface area contributed by atoms with E-state index in [0.29, 0.717) is 34.9 Å². The number of imide groups is 1. The van der Waals surface area contributed by atoms with Crippen LogP contribution in [0.25, 0.3) is 0 Å². The molecule has 34 heavy (non-hydrogen) atoms. The van der Waals surface area contributed by atoms with Crippen molar-refractivity contribution in [2.75, 3.05) is 18.6 Å². The quantitative estimate of drug-likeness (QED) is 0.547. The Kier molecular flexibility index (Phi) is 5.53. The number of amides is 3. The Balaban J connectivity index is 1.57. The second-order valence-corrected chi connectivity index (χ2v) is 8.43. The maximum Gasteiger partial charge on any atom is 0.262 e. The summed E-state index contributed by atoms with van der Waals surface area (Å²) >= 11 is 0. The highest BCUT2D eigenvalue weighted by atomic mass is 16.5. The number of fused-ring (bicyclic) bond motifs is 2. The van der Waals surface area contributed by atoms with E-state index < -0.39 is 17.9 Å². The van der Waals surface area contributed by atoms with Gasteiger partial charge in [-0.2, -0.15) is 0 Å². The van der Waals surface area contributed by atoms with Crippen LogP contribution in [0.5, 0.6) is 11.5 Å². The molecule has 2 heterocycles. The van der Waals surface area contributed by atoms with Gasteiger partial charge in [0.1, 0.15) is 24.1 Å². The van der Waals surface area contributed by atoms with Crippen LogP contribution in [0.4, 0.5) is 5.69 Å². The van der Waals surface area contributed by atoms with E-state index in [1.807, 2.05) is 43.3 Å². The average molecular weight is 456 g/mol. The lowest BCUT2D eigenvalue weighted by Crippen LogP contribution is -2.56. The lowest BCUT2D eigenvalue weighted by Gasteiger charge is -2.38. The zero-order chi connectivity index (χ0) is 23.8. The molecule has 3 aromatic carbocycles. The molecule has 7 heteroatoms. The third kappa shape index (κ3) is 3.59. The molecule has 0 saturated heterocycles. The molecule has 0 unspecified atom stereocenters. The third-order valence-electron chi connectivity index (χ3n) is 6.29. The van der Waals surface area contributed by atoms with Gasteiger partial charge in [0.05, 0.1) is 30.0 Å². The van der Waals surface area contributed by atoms with Crippen LogP contribution in [0, 0.1) is 0 Å². The summed E-state index contributed by atoms with van der Waals surface area (Å²) in [5, 5.41) is 0. The van der Waals surface area contributed by atoms with Gasteiger partial charge < -0.3 is 14.4 Å². The Labute approximate surface area is 197 Å². The van der Waals surface area contributed by atoms with E-state index in [0.717, 1.165) is 10.5 Å². The fourth-order valence-corrected chi connectivity index (χ4v) is 4.56. The minimum atomic E-state index is -1.02. The van der Waals surface area contributed by atoms with E-state index in [-0.39, 0.29) is 18.4 Å². The van der Waals surface area contributed by atoms with Gasteiger partial charge >= 0.3 is 0 Å². The second-order valence-electron chi connectivity index (χ2n) is 8.43. The van der Waals surface area contributed by atoms with Crippen molar-refractivity contribution in [2.24, 2.45) is 0 Å². The van der Waals surface area contributed by atoms with Crippen molar-refractivity contribution in [2.45, 2.75) is 25.4 Å². The van der Waals surface area contributed by atoms with Gasteiger partial charge in [-0.3, -0.25) is 19.3 Å². The monoisotopic (exact) mass is 456 g/mol. The Bertz CT molecular complexity index is 1240. The Morgan fingerprint density at radius 2 is 1.59 bits per heavy atom. The lowest BCUT2D eigenvalue weighted by atomic mass is 10.0. The number of carbonyl (C=O) groups is 3. The van der Waals surface area contributed by atoms with E-state index in [9.17, 15) is 14.4 Å². The first kappa shape index (κ1) is 21.7. The summed E-state index contributed by atoms with van der Waals surface area (Å²) in [6, 6.07) is 20.0. The summed E-state index contributed by atoms with van der Waals surface area (Å²) in [5.74, 6) is 0.0412. The Morgan fingerprint density at radius 1 is 0.971 bits per heavy atom. The lowest BCUT2D eigenvalue weighted by molar-refractivity contribution is -0.123. The molecule has 2 aliphatic rings. The normalized spacial score (nSPS) is 17.6. The molecule has 3 amide bonds. The zero-order valence-electron chi connectivity index (χ0n) is 18.9. The van der Waals surface area contributed by atoms with Crippen molar-refractivity contribution in [3.63, 3.8) is 0 Å². The summed E-state index contributed by atoms with van der Waals surface area (Å²) < 4.78 is 11.0. The maximum absolute atomic E-state index is 14.1. The molecular formula is C27H24N2O5. The molecule has 0 saturated carbocycles. The molecule has 0 fully saturated rings. The van der Waals surface area contributed by atoms with Crippen molar-refractivity contribution in [3.05, 3.63) is 89.5 Å². The topological polar surface area (TPSA) is 76.2 Å². The van der Waals surface area contributed by atoms with E-state index in [2.05, 4.69) is 0 Å². The number of nitrogens with zero attached hydrogens (tertiary/aromatic N) is 2. The van der Waals surface area contributed by atoms with E-state index in [4.69, 9.17) is 9.47 Å². The van der Waals surface area contributed by atoms with Crippen molar-refractivity contribution in [1.29, 1.82) is 0 Å². The first-order valence-corrected chi connectivity index (χ1v) is 11.1. The van der Waals surface area contributed by atoms with Crippen LogP contribution >= 0.6 is 0 Å². The number of ether oxygens (including phenoxy) is 2. The molecule has 0 bridgehead atoms. The highest BCUT2D eigenvalue weighted by Gasteiger charge is 2.45. The summed E-state index contributed by atoms with van der Waals surface area (Å²) in [6.45, 7) is 2.21. The maximum atomic E-state index is 14.1. The number of carbonyl (C=O) groups excluding carboxylic acids is 3. The minimum Gasteiger partial charge on any atom is -0.497 e. The van der Waals surface area contributed by atoms with E-state index >= 15 is 0 Å². The van der Waals surface area contributed by atoms with Gasteiger partial charge in [0.15, 0.2) is 0 Å². The van der Waals surface area contributed by atoms with Crippen LogP contribution in [0.3, 0.4) is 0 Å². The van der Waals surface area contributed by atoms with Gasteiger partial charge in [0, 0.05) is 6.42 Å². The van der Waals surface area contributed by atoms with E-state index in [1.54, 1.807) is 48.4 Å². The Morgan fingerprint density at radius 3 is 2.24 bits per heavy atom. The van der Waals surface area contributed by atoms with Gasteiger partial charge in [0.25, 0.3) is 17.7 Å². The predicted molar refractivity (Wildman–Crippen MR) is 126 cm³/mol. The van der Waals surface area contributed by atoms with Crippen LogP contribution in [-0.4, -0.2) is 48.4 Å². The molecule has 0 aromatic heterocycles. The highest BCUT2D eigenvalue weighted by Crippen LogP contribution is 2.36. The molecule has 2 aliphatic heterocycles. The molecule has 2 atom stereocenters. The van der Waals surface area contributed by atoms with Crippen LogP contribution < -0.4 is 14.4 Å². The summed E-state index contributed by atoms with van der Waals surface area (Å²) in [6.07, 6.45) is 0.181. The molecular weight excluding hydrogens is 432 g/mol. The van der Waals surface area contributed by atoms with Crippen molar-refractivity contribution in [3.8, 4) is 11.5 Å². The minimum absolute atomic E-state index is 0.181. The number of benzene rings is 3. The fourth-order valence-electron chi connectivity index (χ4n) is 4.56. The molecule has 172 valence electrons. The van der Waals surface area contributed by atoms with Crippen LogP contribution in [0.2, 0.25) is 0 Å². The smallest absolute Gasteiger partial charge is 0.262 e. The predicted octanol–water partition coefficient (Wildman–Crippen LogP) is 3.72. The third-order valence-corrected chi connectivity index (χ3v) is 6.29. The van der Waals surface area contributed by atoms with Crippen LogP contribution in [-0.2, 0) is 11.2 Å². The van der Waals surface area contributed by atoms with Crippen LogP contribution in [0.15, 0.2) is 72.8 Å². The number of methoxy groups -OCH3 is 1. The molecule has 0 aliphatic carbocycles. The number of para-hydroxylation sites is 2. The highest BCUT2D eigenvalue weighted by molar-refractivity contribution is 6.23. The summed E-state index contributed by atoms with van der Waals surface area (Å²) in [5.41, 5.74) is 2.07. The SMILES string of the molecule is COc1ccc(C[C@@H](C(=O)N2c3ccccc3OC[C@@H]2C)N2C(=O)c3ccccc3C2=O)cc1. The van der Waals surface area contributed by atoms with Gasteiger partial charge in [-0.15, -0.1) is 0 Å². The first-order chi connectivity index (χ1) is 16.5. The molecule has 5 rings (SSSR count). The number of hydrogen-bond donors (Lipinski definition) is 0. The number of hydrogen-bond acceptors (Lipinski definition) is 5. The zero-order valence-corrected chi connectivity index (χ0v) is 18.9. The molecule has 7 nitrogen and oxygen atoms in total. The largest absolute Gasteiger partial charge is 0.497 e. The molecule has 0 radical (unpaired) electrons. The van der Waals surface area contributed by atoms with Gasteiger partial charge in [0.2, 0.25) is 0 Å². The Hall–Kier alpha value is -4.13. The number of anilines is 1. The van der Waals surface area contributed by atoms with E-state index in [1.165, 1.54) is 0 Å². The summed E-state index contributed by atoms with van der Waals surface area (Å²) in [7, 11) is 1.58.